The van der Waals surface area contributed by atoms with Gasteiger partial charge in [-0.2, -0.15) is 0 Å². The Hall–Kier alpha value is -1.75. The molecule has 5 heteroatoms. The maximum atomic E-state index is 12.1. The summed E-state index contributed by atoms with van der Waals surface area (Å²) in [6.45, 7) is 0. The molecular weight excluding hydrogens is 306 g/mol. The number of carbonyl (C=O) groups excluding carboxylic acids is 1. The number of rotatable bonds is 6. The highest BCUT2D eigenvalue weighted by molar-refractivity contribution is 7.09. The third-order valence-electron chi connectivity index (χ3n) is 4.23. The van der Waals surface area contributed by atoms with Crippen LogP contribution in [0, 0.1) is 0 Å². The van der Waals surface area contributed by atoms with Crippen LogP contribution in [0.2, 0.25) is 0 Å². The van der Waals surface area contributed by atoms with Gasteiger partial charge in [-0.05, 0) is 31.4 Å². The van der Waals surface area contributed by atoms with Crippen molar-refractivity contribution in [3.8, 4) is 0 Å². The van der Waals surface area contributed by atoms with E-state index in [1.54, 1.807) is 11.3 Å². The number of pyridine rings is 1. The number of aromatic nitrogens is 2. The van der Waals surface area contributed by atoms with Gasteiger partial charge in [-0.25, -0.2) is 4.98 Å². The van der Waals surface area contributed by atoms with Crippen molar-refractivity contribution in [1.82, 2.24) is 15.3 Å². The molecule has 0 spiro atoms. The molecule has 1 aliphatic rings. The van der Waals surface area contributed by atoms with Gasteiger partial charge in [-0.15, -0.1) is 11.3 Å². The monoisotopic (exact) mass is 329 g/mol. The number of amides is 1. The molecule has 1 amide bonds. The lowest BCUT2D eigenvalue weighted by Gasteiger charge is -2.22. The molecule has 0 bridgehead atoms. The van der Waals surface area contributed by atoms with E-state index in [9.17, 15) is 4.79 Å². The highest BCUT2D eigenvalue weighted by Gasteiger charge is 2.16. The molecule has 23 heavy (non-hydrogen) atoms. The van der Waals surface area contributed by atoms with Crippen LogP contribution in [-0.2, 0) is 24.1 Å². The lowest BCUT2D eigenvalue weighted by molar-refractivity contribution is -0.121. The van der Waals surface area contributed by atoms with E-state index in [4.69, 9.17) is 0 Å². The van der Waals surface area contributed by atoms with E-state index in [2.05, 4.69) is 15.3 Å². The zero-order chi connectivity index (χ0) is 15.9. The Morgan fingerprint density at radius 1 is 1.17 bits per heavy atom. The first-order valence-corrected chi connectivity index (χ1v) is 9.30. The molecule has 0 atom stereocenters. The number of carbonyl (C=O) groups is 1. The van der Waals surface area contributed by atoms with E-state index < -0.39 is 0 Å². The molecule has 0 aliphatic heterocycles. The summed E-state index contributed by atoms with van der Waals surface area (Å²) in [7, 11) is 0. The second-order valence-corrected chi connectivity index (χ2v) is 7.08. The summed E-state index contributed by atoms with van der Waals surface area (Å²) in [6.07, 6.45) is 10.0. The zero-order valence-electron chi connectivity index (χ0n) is 13.3. The summed E-state index contributed by atoms with van der Waals surface area (Å²) in [5.74, 6) is 0.110. The highest BCUT2D eigenvalue weighted by atomic mass is 32.1. The molecule has 4 nitrogen and oxygen atoms in total. The molecule has 1 fully saturated rings. The van der Waals surface area contributed by atoms with Crippen LogP contribution in [0.25, 0.3) is 0 Å². The van der Waals surface area contributed by atoms with Crippen LogP contribution in [0.15, 0.2) is 29.8 Å². The van der Waals surface area contributed by atoms with Gasteiger partial charge in [0.2, 0.25) is 5.91 Å². The summed E-state index contributed by atoms with van der Waals surface area (Å²) in [5.41, 5.74) is 1.97. The van der Waals surface area contributed by atoms with Crippen molar-refractivity contribution in [1.29, 1.82) is 0 Å². The Bertz CT molecular complexity index is 620. The number of nitrogens with one attached hydrogen (secondary N) is 1. The second-order valence-electron chi connectivity index (χ2n) is 6.13. The summed E-state index contributed by atoms with van der Waals surface area (Å²) >= 11 is 1.64. The van der Waals surface area contributed by atoms with Gasteiger partial charge < -0.3 is 5.32 Å². The van der Waals surface area contributed by atoms with E-state index >= 15 is 0 Å². The smallest absolute Gasteiger partial charge is 0.226 e. The fraction of sp³-hybridized carbons (Fsp3) is 0.500. The zero-order valence-corrected chi connectivity index (χ0v) is 14.1. The number of hydrogen-bond donors (Lipinski definition) is 1. The van der Waals surface area contributed by atoms with Gasteiger partial charge in [-0.1, -0.05) is 25.3 Å². The third kappa shape index (κ3) is 5.13. The fourth-order valence-electron chi connectivity index (χ4n) is 3.02. The molecule has 2 aromatic heterocycles. The van der Waals surface area contributed by atoms with Crippen LogP contribution in [0.1, 0.15) is 48.5 Å². The fourth-order valence-corrected chi connectivity index (χ4v) is 3.81. The third-order valence-corrected chi connectivity index (χ3v) is 5.19. The van der Waals surface area contributed by atoms with Crippen LogP contribution in [0.5, 0.6) is 0 Å². The first-order valence-electron chi connectivity index (χ1n) is 8.42. The molecule has 1 N–H and O–H groups in total. The topological polar surface area (TPSA) is 54.9 Å². The molecule has 2 aromatic rings. The van der Waals surface area contributed by atoms with E-state index in [1.165, 1.54) is 19.3 Å². The SMILES string of the molecule is O=C(Cc1csc(CCc2ccccn2)n1)NC1CCCCC1. The number of hydrogen-bond acceptors (Lipinski definition) is 4. The minimum Gasteiger partial charge on any atom is -0.353 e. The van der Waals surface area contributed by atoms with Crippen LogP contribution in [0.4, 0.5) is 0 Å². The summed E-state index contributed by atoms with van der Waals surface area (Å²) in [4.78, 5) is 21.0. The Labute approximate surface area is 141 Å². The summed E-state index contributed by atoms with van der Waals surface area (Å²) < 4.78 is 0. The maximum absolute atomic E-state index is 12.1. The first-order chi connectivity index (χ1) is 11.3. The summed E-state index contributed by atoms with van der Waals surface area (Å²) in [5, 5.41) is 6.24. The predicted molar refractivity (Wildman–Crippen MR) is 92.5 cm³/mol. The minimum atomic E-state index is 0.110. The average molecular weight is 329 g/mol. The van der Waals surface area contributed by atoms with Crippen molar-refractivity contribution in [2.75, 3.05) is 0 Å². The van der Waals surface area contributed by atoms with Crippen LogP contribution >= 0.6 is 11.3 Å². The molecular formula is C18H23N3OS. The molecule has 0 saturated heterocycles. The minimum absolute atomic E-state index is 0.110. The Morgan fingerprint density at radius 3 is 2.83 bits per heavy atom. The average Bonchev–Trinajstić information content (AvgIpc) is 3.02. The van der Waals surface area contributed by atoms with E-state index in [0.29, 0.717) is 12.5 Å². The van der Waals surface area contributed by atoms with Gasteiger partial charge in [0, 0.05) is 29.7 Å². The van der Waals surface area contributed by atoms with Crippen molar-refractivity contribution < 1.29 is 4.79 Å². The van der Waals surface area contributed by atoms with Gasteiger partial charge >= 0.3 is 0 Å². The highest BCUT2D eigenvalue weighted by Crippen LogP contribution is 2.18. The van der Waals surface area contributed by atoms with Crippen molar-refractivity contribution in [3.63, 3.8) is 0 Å². The van der Waals surface area contributed by atoms with Crippen molar-refractivity contribution in [3.05, 3.63) is 46.2 Å². The molecule has 0 aromatic carbocycles. The van der Waals surface area contributed by atoms with Crippen LogP contribution in [0.3, 0.4) is 0 Å². The van der Waals surface area contributed by atoms with Crippen LogP contribution in [-0.4, -0.2) is 21.9 Å². The quantitative estimate of drug-likeness (QED) is 0.884. The first kappa shape index (κ1) is 16.1. The molecule has 122 valence electrons. The van der Waals surface area contributed by atoms with Crippen LogP contribution < -0.4 is 5.32 Å². The number of thiazole rings is 1. The predicted octanol–water partition coefficient (Wildman–Crippen LogP) is 3.31. The van der Waals surface area contributed by atoms with Crippen molar-refractivity contribution >= 4 is 17.2 Å². The van der Waals surface area contributed by atoms with Crippen molar-refractivity contribution in [2.24, 2.45) is 0 Å². The maximum Gasteiger partial charge on any atom is 0.226 e. The van der Waals surface area contributed by atoms with Gasteiger partial charge in [0.15, 0.2) is 0 Å². The van der Waals surface area contributed by atoms with E-state index in [1.807, 2.05) is 29.8 Å². The largest absolute Gasteiger partial charge is 0.353 e. The van der Waals surface area contributed by atoms with E-state index in [-0.39, 0.29) is 5.91 Å². The molecule has 0 radical (unpaired) electrons. The number of aryl methyl sites for hydroxylation is 2. The number of nitrogens with zero attached hydrogens (tertiary/aromatic N) is 2. The summed E-state index contributed by atoms with van der Waals surface area (Å²) in [6, 6.07) is 6.34. The Kier molecular flexibility index (Phi) is 5.75. The standard InChI is InChI=1S/C18H23N3OS/c22-17(20-15-7-2-1-3-8-15)12-16-13-23-18(21-16)10-9-14-6-4-5-11-19-14/h4-6,11,13,15H,1-3,7-10,12H2,(H,20,22). The lowest BCUT2D eigenvalue weighted by Crippen LogP contribution is -2.37. The van der Waals surface area contributed by atoms with Gasteiger partial charge in [0.05, 0.1) is 17.1 Å². The molecule has 1 aliphatic carbocycles. The second kappa shape index (κ2) is 8.20. The lowest BCUT2D eigenvalue weighted by atomic mass is 9.95. The Morgan fingerprint density at radius 2 is 2.04 bits per heavy atom. The molecule has 3 rings (SSSR count). The Balaban J connectivity index is 1.45. The van der Waals surface area contributed by atoms with E-state index in [0.717, 1.165) is 42.1 Å². The molecule has 0 unspecified atom stereocenters. The normalized spacial score (nSPS) is 15.5. The van der Waals surface area contributed by atoms with Crippen molar-refractivity contribution in [2.45, 2.75) is 57.4 Å². The molecule has 2 heterocycles. The van der Waals surface area contributed by atoms with Gasteiger partial charge in [-0.3, -0.25) is 9.78 Å². The van der Waals surface area contributed by atoms with Gasteiger partial charge in [0.1, 0.15) is 0 Å². The molecule has 1 saturated carbocycles. The van der Waals surface area contributed by atoms with Gasteiger partial charge in [0.25, 0.3) is 0 Å².